The Labute approximate surface area is 97.7 Å². The Morgan fingerprint density at radius 3 is 3.06 bits per heavy atom. The van der Waals surface area contributed by atoms with Gasteiger partial charge < -0.3 is 5.32 Å². The van der Waals surface area contributed by atoms with Gasteiger partial charge in [0.2, 0.25) is 0 Å². The first-order valence-corrected chi connectivity index (χ1v) is 5.68. The van der Waals surface area contributed by atoms with Gasteiger partial charge in [0.25, 0.3) is 0 Å². The number of benzene rings is 1. The van der Waals surface area contributed by atoms with Crippen LogP contribution in [-0.4, -0.2) is 9.59 Å². The summed E-state index contributed by atoms with van der Waals surface area (Å²) in [5, 5.41) is 17.9. The molecule has 0 saturated carbocycles. The monoisotopic (exact) mass is 230 g/mol. The molecule has 0 fully saturated rings. The van der Waals surface area contributed by atoms with Gasteiger partial charge in [-0.15, -0.1) is 5.10 Å². The molecule has 1 aromatic heterocycles. The Hall–Kier alpha value is -1.77. The topological polar surface area (TPSA) is 61.6 Å². The van der Waals surface area contributed by atoms with E-state index in [0.29, 0.717) is 12.1 Å². The van der Waals surface area contributed by atoms with Crippen molar-refractivity contribution in [3.8, 4) is 6.07 Å². The molecule has 0 aliphatic heterocycles. The van der Waals surface area contributed by atoms with Gasteiger partial charge in [0.05, 0.1) is 17.3 Å². The van der Waals surface area contributed by atoms with Gasteiger partial charge in [-0.1, -0.05) is 16.6 Å². The molecular weight excluding hydrogens is 220 g/mol. The molecule has 5 heteroatoms. The molecule has 16 heavy (non-hydrogen) atoms. The molecule has 0 spiro atoms. The van der Waals surface area contributed by atoms with E-state index in [1.165, 1.54) is 11.5 Å². The van der Waals surface area contributed by atoms with Crippen LogP contribution in [0.5, 0.6) is 0 Å². The van der Waals surface area contributed by atoms with Gasteiger partial charge in [0.15, 0.2) is 0 Å². The molecule has 0 aliphatic carbocycles. The molecule has 1 N–H and O–H groups in total. The summed E-state index contributed by atoms with van der Waals surface area (Å²) in [5.41, 5.74) is 2.73. The van der Waals surface area contributed by atoms with Gasteiger partial charge in [0.1, 0.15) is 0 Å². The highest BCUT2D eigenvalue weighted by atomic mass is 32.1. The van der Waals surface area contributed by atoms with Crippen molar-refractivity contribution in [2.45, 2.75) is 13.1 Å². The fourth-order valence-electron chi connectivity index (χ4n) is 1.35. The van der Waals surface area contributed by atoms with E-state index in [2.05, 4.69) is 21.0 Å². The minimum atomic E-state index is 0.689. The summed E-state index contributed by atoms with van der Waals surface area (Å²) in [4.78, 5) is 0. The molecule has 0 aliphatic rings. The van der Waals surface area contributed by atoms with Crippen molar-refractivity contribution < 1.29 is 0 Å². The summed E-state index contributed by atoms with van der Waals surface area (Å²) in [6.07, 6.45) is 0. The lowest BCUT2D eigenvalue weighted by atomic mass is 10.1. The maximum atomic E-state index is 8.75. The highest BCUT2D eigenvalue weighted by Crippen LogP contribution is 2.04. The van der Waals surface area contributed by atoms with Gasteiger partial charge in [-0.3, -0.25) is 0 Å². The summed E-state index contributed by atoms with van der Waals surface area (Å²) in [7, 11) is 0. The quantitative estimate of drug-likeness (QED) is 0.868. The first kappa shape index (κ1) is 10.7. The normalized spacial score (nSPS) is 9.94. The highest BCUT2D eigenvalue weighted by Gasteiger charge is 1.97. The van der Waals surface area contributed by atoms with Crippen LogP contribution in [0.1, 0.15) is 16.8 Å². The van der Waals surface area contributed by atoms with Crippen LogP contribution in [0.4, 0.5) is 0 Å². The summed E-state index contributed by atoms with van der Waals surface area (Å²) < 4.78 is 3.78. The molecule has 0 bridgehead atoms. The standard InChI is InChI=1S/C11H10N4S/c12-5-9-2-1-3-10(4-9)6-13-7-11-8-16-15-14-11/h1-4,8,13H,6-7H2. The third-order valence-corrected chi connectivity index (χ3v) is 2.65. The van der Waals surface area contributed by atoms with E-state index < -0.39 is 0 Å². The number of hydrogen-bond acceptors (Lipinski definition) is 5. The Morgan fingerprint density at radius 2 is 2.31 bits per heavy atom. The minimum absolute atomic E-state index is 0.689. The molecule has 80 valence electrons. The van der Waals surface area contributed by atoms with E-state index in [-0.39, 0.29) is 0 Å². The van der Waals surface area contributed by atoms with E-state index in [9.17, 15) is 0 Å². The van der Waals surface area contributed by atoms with Gasteiger partial charge in [0, 0.05) is 18.5 Å². The first-order chi connectivity index (χ1) is 7.88. The molecule has 0 unspecified atom stereocenters. The van der Waals surface area contributed by atoms with Crippen LogP contribution in [0, 0.1) is 11.3 Å². The molecule has 1 aromatic carbocycles. The smallest absolute Gasteiger partial charge is 0.0991 e. The highest BCUT2D eigenvalue weighted by molar-refractivity contribution is 7.03. The number of nitriles is 1. The average molecular weight is 230 g/mol. The maximum Gasteiger partial charge on any atom is 0.0991 e. The lowest BCUT2D eigenvalue weighted by Gasteiger charge is -2.02. The SMILES string of the molecule is N#Cc1cccc(CNCc2csnn2)c1. The molecule has 0 amide bonds. The largest absolute Gasteiger partial charge is 0.307 e. The minimum Gasteiger partial charge on any atom is -0.307 e. The van der Waals surface area contributed by atoms with Crippen molar-refractivity contribution in [2.75, 3.05) is 0 Å². The fourth-order valence-corrected chi connectivity index (χ4v) is 1.80. The third-order valence-electron chi connectivity index (χ3n) is 2.10. The number of nitrogens with zero attached hydrogens (tertiary/aromatic N) is 3. The Balaban J connectivity index is 1.88. The fraction of sp³-hybridized carbons (Fsp3) is 0.182. The number of rotatable bonds is 4. The zero-order chi connectivity index (χ0) is 11.2. The third kappa shape index (κ3) is 2.86. The van der Waals surface area contributed by atoms with E-state index in [1.807, 2.05) is 23.6 Å². The van der Waals surface area contributed by atoms with E-state index in [4.69, 9.17) is 5.26 Å². The van der Waals surface area contributed by atoms with Gasteiger partial charge in [-0.25, -0.2) is 0 Å². The molecule has 2 rings (SSSR count). The molecule has 4 nitrogen and oxygen atoms in total. The lowest BCUT2D eigenvalue weighted by molar-refractivity contribution is 0.677. The molecule has 2 aromatic rings. The van der Waals surface area contributed by atoms with Crippen molar-refractivity contribution >= 4 is 11.5 Å². The Bertz CT molecular complexity index is 487. The zero-order valence-corrected chi connectivity index (χ0v) is 9.37. The second kappa shape index (κ2) is 5.35. The van der Waals surface area contributed by atoms with Gasteiger partial charge in [-0.05, 0) is 29.2 Å². The summed E-state index contributed by atoms with van der Waals surface area (Å²) in [6, 6.07) is 9.69. The molecule has 0 atom stereocenters. The number of hydrogen-bond donors (Lipinski definition) is 1. The predicted octanol–water partition coefficient (Wildman–Crippen LogP) is 1.70. The zero-order valence-electron chi connectivity index (χ0n) is 8.55. The van der Waals surface area contributed by atoms with Crippen LogP contribution < -0.4 is 5.32 Å². The second-order valence-corrected chi connectivity index (χ2v) is 3.92. The van der Waals surface area contributed by atoms with Gasteiger partial charge in [-0.2, -0.15) is 5.26 Å². The van der Waals surface area contributed by atoms with Crippen molar-refractivity contribution in [3.63, 3.8) is 0 Å². The summed E-state index contributed by atoms with van der Waals surface area (Å²) >= 11 is 1.35. The van der Waals surface area contributed by atoms with Crippen LogP contribution in [0.25, 0.3) is 0 Å². The van der Waals surface area contributed by atoms with E-state index in [1.54, 1.807) is 6.07 Å². The van der Waals surface area contributed by atoms with E-state index in [0.717, 1.165) is 17.8 Å². The van der Waals surface area contributed by atoms with Crippen molar-refractivity contribution in [2.24, 2.45) is 0 Å². The lowest BCUT2D eigenvalue weighted by Crippen LogP contribution is -2.12. The summed E-state index contributed by atoms with van der Waals surface area (Å²) in [5.74, 6) is 0. The number of aromatic nitrogens is 2. The molecule has 0 radical (unpaired) electrons. The molecule has 1 heterocycles. The van der Waals surface area contributed by atoms with Crippen LogP contribution in [0.2, 0.25) is 0 Å². The average Bonchev–Trinajstić information content (AvgIpc) is 2.82. The van der Waals surface area contributed by atoms with Crippen LogP contribution in [0.3, 0.4) is 0 Å². The first-order valence-electron chi connectivity index (χ1n) is 4.84. The Morgan fingerprint density at radius 1 is 1.38 bits per heavy atom. The van der Waals surface area contributed by atoms with Crippen molar-refractivity contribution in [1.29, 1.82) is 5.26 Å². The van der Waals surface area contributed by atoms with E-state index >= 15 is 0 Å². The van der Waals surface area contributed by atoms with Crippen LogP contribution in [-0.2, 0) is 13.1 Å². The summed E-state index contributed by atoms with van der Waals surface area (Å²) in [6.45, 7) is 1.43. The van der Waals surface area contributed by atoms with Crippen molar-refractivity contribution in [1.82, 2.24) is 14.9 Å². The second-order valence-electron chi connectivity index (χ2n) is 3.31. The molecule has 0 saturated heterocycles. The van der Waals surface area contributed by atoms with Crippen molar-refractivity contribution in [3.05, 3.63) is 46.5 Å². The predicted molar refractivity (Wildman–Crippen MR) is 61.6 cm³/mol. The Kier molecular flexibility index (Phi) is 3.59. The van der Waals surface area contributed by atoms with Gasteiger partial charge >= 0.3 is 0 Å². The van der Waals surface area contributed by atoms with Crippen LogP contribution in [0.15, 0.2) is 29.6 Å². The number of nitrogens with one attached hydrogen (secondary N) is 1. The maximum absolute atomic E-state index is 8.75. The van der Waals surface area contributed by atoms with Crippen LogP contribution >= 0.6 is 11.5 Å². The molecular formula is C11H10N4S.